The molecule has 7 nitrogen and oxygen atoms in total. The third-order valence-corrected chi connectivity index (χ3v) is 6.91. The lowest BCUT2D eigenvalue weighted by Crippen LogP contribution is -2.57. The van der Waals surface area contributed by atoms with E-state index in [-0.39, 0.29) is 11.4 Å². The zero-order valence-electron chi connectivity index (χ0n) is 12.6. The average Bonchev–Trinajstić information content (AvgIpc) is 2.38. The SMILES string of the molecule is CC1(c2cc(Br)cnc2F)CS(=O)(=O)C(C)(C)C(NC(=O)O)=N1. The van der Waals surface area contributed by atoms with E-state index in [0.717, 1.165) is 0 Å². The zero-order valence-corrected chi connectivity index (χ0v) is 15.0. The highest BCUT2D eigenvalue weighted by Gasteiger charge is 2.51. The predicted octanol–water partition coefficient (Wildman–Crippen LogP) is 2.07. The number of aliphatic imine (C=N–C) groups is 1. The van der Waals surface area contributed by atoms with Gasteiger partial charge in [-0.25, -0.2) is 18.2 Å². The number of hydrogen-bond acceptors (Lipinski definition) is 5. The Kier molecular flexibility index (Phi) is 4.27. The van der Waals surface area contributed by atoms with Gasteiger partial charge in [0.2, 0.25) is 5.95 Å². The Balaban J connectivity index is 2.71. The molecule has 0 bridgehead atoms. The van der Waals surface area contributed by atoms with Crippen molar-refractivity contribution in [3.05, 3.63) is 28.2 Å². The Morgan fingerprint density at radius 2 is 2.04 bits per heavy atom. The number of sulfone groups is 1. The summed E-state index contributed by atoms with van der Waals surface area (Å²) >= 11 is 3.16. The maximum absolute atomic E-state index is 14.1. The molecule has 0 spiro atoms. The van der Waals surface area contributed by atoms with Crippen LogP contribution in [0.4, 0.5) is 9.18 Å². The first kappa shape index (κ1) is 17.8. The van der Waals surface area contributed by atoms with E-state index in [2.05, 4.69) is 25.9 Å². The molecule has 1 aromatic rings. The minimum absolute atomic E-state index is 0.0318. The smallest absolute Gasteiger partial charge is 0.410 e. The van der Waals surface area contributed by atoms with Crippen molar-refractivity contribution in [1.29, 1.82) is 0 Å². The van der Waals surface area contributed by atoms with Crippen LogP contribution in [0, 0.1) is 5.95 Å². The molecule has 2 N–H and O–H groups in total. The molecule has 1 unspecified atom stereocenters. The van der Waals surface area contributed by atoms with Gasteiger partial charge in [0, 0.05) is 16.2 Å². The molecule has 1 aromatic heterocycles. The highest BCUT2D eigenvalue weighted by molar-refractivity contribution is 9.10. The molecule has 1 aliphatic rings. The number of amides is 1. The van der Waals surface area contributed by atoms with E-state index in [1.54, 1.807) is 0 Å². The van der Waals surface area contributed by atoms with Gasteiger partial charge in [0.1, 0.15) is 16.1 Å². The first-order chi connectivity index (χ1) is 10.4. The molecule has 0 saturated heterocycles. The van der Waals surface area contributed by atoms with Crippen molar-refractivity contribution in [2.75, 3.05) is 5.75 Å². The van der Waals surface area contributed by atoms with Crippen molar-refractivity contribution in [3.8, 4) is 0 Å². The summed E-state index contributed by atoms with van der Waals surface area (Å²) in [6.07, 6.45) is -0.201. The Morgan fingerprint density at radius 1 is 1.43 bits per heavy atom. The van der Waals surface area contributed by atoms with E-state index in [1.165, 1.54) is 33.0 Å². The average molecular weight is 408 g/mol. The molecule has 2 rings (SSSR count). The van der Waals surface area contributed by atoms with E-state index in [4.69, 9.17) is 5.11 Å². The minimum Gasteiger partial charge on any atom is -0.465 e. The first-order valence-corrected chi connectivity index (χ1v) is 8.98. The number of amidine groups is 1. The van der Waals surface area contributed by atoms with E-state index in [0.29, 0.717) is 4.47 Å². The van der Waals surface area contributed by atoms with Crippen molar-refractivity contribution in [2.45, 2.75) is 31.1 Å². The predicted molar refractivity (Wildman–Crippen MR) is 85.7 cm³/mol. The van der Waals surface area contributed by atoms with Gasteiger partial charge in [-0.1, -0.05) is 0 Å². The van der Waals surface area contributed by atoms with Gasteiger partial charge in [0.15, 0.2) is 9.84 Å². The van der Waals surface area contributed by atoms with Crippen LogP contribution in [-0.4, -0.2) is 40.9 Å². The number of nitrogens with one attached hydrogen (secondary N) is 1. The van der Waals surface area contributed by atoms with Crippen molar-refractivity contribution < 1.29 is 22.7 Å². The van der Waals surface area contributed by atoms with Crippen LogP contribution in [0.25, 0.3) is 0 Å². The monoisotopic (exact) mass is 407 g/mol. The van der Waals surface area contributed by atoms with Crippen LogP contribution in [0.1, 0.15) is 26.3 Å². The lowest BCUT2D eigenvalue weighted by atomic mass is 9.95. The summed E-state index contributed by atoms with van der Waals surface area (Å²) in [5.41, 5.74) is -1.52. The van der Waals surface area contributed by atoms with Crippen LogP contribution in [0.15, 0.2) is 21.7 Å². The van der Waals surface area contributed by atoms with E-state index >= 15 is 0 Å². The molecule has 0 saturated carbocycles. The van der Waals surface area contributed by atoms with Crippen molar-refractivity contribution in [2.24, 2.45) is 4.99 Å². The first-order valence-electron chi connectivity index (χ1n) is 6.53. The molecule has 0 aromatic carbocycles. The number of aromatic nitrogens is 1. The second-order valence-corrected chi connectivity index (χ2v) is 9.38. The fourth-order valence-corrected chi connectivity index (χ4v) is 4.37. The number of carboxylic acid groups (broad SMARTS) is 1. The molecule has 1 aliphatic heterocycles. The molecule has 1 atom stereocenters. The molecule has 0 radical (unpaired) electrons. The van der Waals surface area contributed by atoms with Gasteiger partial charge in [0.05, 0.1) is 5.75 Å². The second-order valence-electron chi connectivity index (χ2n) is 5.93. The minimum atomic E-state index is -3.81. The summed E-state index contributed by atoms with van der Waals surface area (Å²) < 4.78 is 38.3. The number of hydrogen-bond donors (Lipinski definition) is 2. The van der Waals surface area contributed by atoms with Crippen LogP contribution in [0.2, 0.25) is 0 Å². The molecule has 2 heterocycles. The van der Waals surface area contributed by atoms with Crippen molar-refractivity contribution in [3.63, 3.8) is 0 Å². The van der Waals surface area contributed by atoms with E-state index < -0.39 is 37.9 Å². The molecular weight excluding hydrogens is 393 g/mol. The fraction of sp³-hybridized carbons (Fsp3) is 0.462. The summed E-state index contributed by atoms with van der Waals surface area (Å²) in [5.74, 6) is -1.57. The van der Waals surface area contributed by atoms with Gasteiger partial charge >= 0.3 is 6.09 Å². The third kappa shape index (κ3) is 3.09. The largest absolute Gasteiger partial charge is 0.465 e. The van der Waals surface area contributed by atoms with Gasteiger partial charge in [-0.3, -0.25) is 10.3 Å². The van der Waals surface area contributed by atoms with Gasteiger partial charge in [-0.2, -0.15) is 4.39 Å². The Morgan fingerprint density at radius 3 is 2.61 bits per heavy atom. The van der Waals surface area contributed by atoms with Crippen molar-refractivity contribution in [1.82, 2.24) is 10.3 Å². The Bertz CT molecular complexity index is 809. The number of rotatable bonds is 1. The molecular formula is C13H15BrFN3O4S. The highest BCUT2D eigenvalue weighted by atomic mass is 79.9. The highest BCUT2D eigenvalue weighted by Crippen LogP contribution is 2.38. The Labute approximate surface area is 141 Å². The zero-order chi connectivity index (χ0) is 17.6. The van der Waals surface area contributed by atoms with E-state index in [1.807, 2.05) is 5.32 Å². The van der Waals surface area contributed by atoms with Gasteiger partial charge < -0.3 is 5.11 Å². The molecule has 0 aliphatic carbocycles. The molecule has 23 heavy (non-hydrogen) atoms. The van der Waals surface area contributed by atoms with Crippen LogP contribution in [-0.2, 0) is 15.4 Å². The van der Waals surface area contributed by atoms with Crippen LogP contribution in [0.5, 0.6) is 0 Å². The number of halogens is 2. The normalized spacial score (nSPS) is 25.5. The lowest BCUT2D eigenvalue weighted by Gasteiger charge is -2.38. The maximum Gasteiger partial charge on any atom is 0.410 e. The second kappa shape index (κ2) is 5.52. The van der Waals surface area contributed by atoms with E-state index in [9.17, 15) is 17.6 Å². The summed E-state index contributed by atoms with van der Waals surface area (Å²) in [4.78, 5) is 18.7. The molecule has 10 heteroatoms. The van der Waals surface area contributed by atoms with Gasteiger partial charge in [0.25, 0.3) is 0 Å². The standard InChI is InChI=1S/C13H15BrFN3O4S/c1-12(2)10(17-11(19)20)18-13(3,6-23(12,21)22)8-4-7(14)5-16-9(8)15/h4-5H,6H2,1-3H3,(H,17,18)(H,19,20). The lowest BCUT2D eigenvalue weighted by molar-refractivity contribution is 0.199. The summed E-state index contributed by atoms with van der Waals surface area (Å²) in [6, 6.07) is 1.39. The number of nitrogens with zero attached hydrogens (tertiary/aromatic N) is 2. The summed E-state index contributed by atoms with van der Waals surface area (Å²) in [6.45, 7) is 4.13. The summed E-state index contributed by atoms with van der Waals surface area (Å²) in [7, 11) is -3.81. The Hall–Kier alpha value is -1.55. The maximum atomic E-state index is 14.1. The van der Waals surface area contributed by atoms with Gasteiger partial charge in [-0.05, 0) is 42.8 Å². The van der Waals surface area contributed by atoms with Crippen LogP contribution >= 0.6 is 15.9 Å². The quantitative estimate of drug-likeness (QED) is 0.692. The fourth-order valence-electron chi connectivity index (χ4n) is 2.33. The summed E-state index contributed by atoms with van der Waals surface area (Å²) in [5, 5.41) is 10.9. The van der Waals surface area contributed by atoms with Crippen LogP contribution < -0.4 is 5.32 Å². The topological polar surface area (TPSA) is 109 Å². The molecule has 0 fully saturated rings. The molecule has 1 amide bonds. The van der Waals surface area contributed by atoms with Crippen LogP contribution in [0.3, 0.4) is 0 Å². The van der Waals surface area contributed by atoms with Gasteiger partial charge in [-0.15, -0.1) is 0 Å². The molecule has 126 valence electrons. The number of carbonyl (C=O) groups is 1. The third-order valence-electron chi connectivity index (χ3n) is 3.79. The number of pyridine rings is 1. The van der Waals surface area contributed by atoms with Crippen molar-refractivity contribution >= 4 is 37.7 Å².